The molecule has 0 aromatic heterocycles. The number of ether oxygens (including phenoxy) is 1. The molecule has 2 aromatic rings. The van der Waals surface area contributed by atoms with Crippen molar-refractivity contribution in [3.8, 4) is 0 Å². The van der Waals surface area contributed by atoms with Gasteiger partial charge in [0.2, 0.25) is 0 Å². The molecular weight excluding hydrogens is 462 g/mol. The van der Waals surface area contributed by atoms with E-state index in [-0.39, 0.29) is 13.0 Å². The Kier molecular flexibility index (Phi) is 10.4. The first-order chi connectivity index (χ1) is 18.0. The van der Waals surface area contributed by atoms with Gasteiger partial charge in [0.15, 0.2) is 0 Å². The molecule has 2 aromatic carbocycles. The van der Waals surface area contributed by atoms with Crippen molar-refractivity contribution in [2.45, 2.75) is 115 Å². The minimum absolute atomic E-state index is 0.0733. The van der Waals surface area contributed by atoms with Gasteiger partial charge in [-0.15, -0.1) is 6.58 Å². The Morgan fingerprint density at radius 1 is 0.784 bits per heavy atom. The summed E-state index contributed by atoms with van der Waals surface area (Å²) in [5, 5.41) is 0. The Morgan fingerprint density at radius 2 is 1.32 bits per heavy atom. The van der Waals surface area contributed by atoms with Crippen molar-refractivity contribution in [2.24, 2.45) is 11.8 Å². The summed E-state index contributed by atoms with van der Waals surface area (Å²) in [4.78, 5) is 0. The van der Waals surface area contributed by atoms with E-state index in [2.05, 4.69) is 43.8 Å². The molecule has 0 saturated heterocycles. The second-order valence-corrected chi connectivity index (χ2v) is 11.6. The Bertz CT molecular complexity index is 933. The third-order valence-electron chi connectivity index (χ3n) is 8.93. The van der Waals surface area contributed by atoms with Gasteiger partial charge in [0.25, 0.3) is 0 Å². The van der Waals surface area contributed by atoms with Crippen LogP contribution in [0.5, 0.6) is 0 Å². The van der Waals surface area contributed by atoms with Crippen molar-refractivity contribution >= 4 is 0 Å². The molecule has 0 aliphatic heterocycles. The fraction of sp³-hybridized carbons (Fsp3) is 0.588. The highest BCUT2D eigenvalue weighted by Crippen LogP contribution is 2.38. The first-order valence-electron chi connectivity index (χ1n) is 14.8. The van der Waals surface area contributed by atoms with Crippen LogP contribution >= 0.6 is 0 Å². The molecule has 3 heteroatoms. The van der Waals surface area contributed by atoms with E-state index in [0.29, 0.717) is 23.3 Å². The van der Waals surface area contributed by atoms with Gasteiger partial charge < -0.3 is 4.74 Å². The lowest BCUT2D eigenvalue weighted by molar-refractivity contribution is -0.244. The number of hydrogen-bond donors (Lipinski definition) is 0. The molecule has 0 atom stereocenters. The van der Waals surface area contributed by atoms with E-state index in [0.717, 1.165) is 11.5 Å². The molecule has 1 nitrogen and oxygen atoms in total. The third kappa shape index (κ3) is 8.50. The van der Waals surface area contributed by atoms with Crippen LogP contribution in [0, 0.1) is 11.8 Å². The minimum Gasteiger partial charge on any atom is -0.315 e. The SMILES string of the molecule is C=CC1CCC(c2ccc(COC(F)(F)Cc3ccc(C4CCC(CCCCC)CC4)cc3)cc2)CC1. The summed E-state index contributed by atoms with van der Waals surface area (Å²) in [6, 6.07) is 15.9. The fourth-order valence-electron chi connectivity index (χ4n) is 6.43. The molecule has 37 heavy (non-hydrogen) atoms. The van der Waals surface area contributed by atoms with Crippen LogP contribution in [0.3, 0.4) is 0 Å². The minimum atomic E-state index is -3.18. The summed E-state index contributed by atoms with van der Waals surface area (Å²) in [7, 11) is 0. The third-order valence-corrected chi connectivity index (χ3v) is 8.93. The number of hydrogen-bond acceptors (Lipinski definition) is 1. The predicted molar refractivity (Wildman–Crippen MR) is 150 cm³/mol. The zero-order valence-electron chi connectivity index (χ0n) is 22.8. The number of alkyl halides is 2. The molecule has 202 valence electrons. The van der Waals surface area contributed by atoms with Gasteiger partial charge in [-0.05, 0) is 97.3 Å². The molecular formula is C34H46F2O. The molecule has 0 unspecified atom stereocenters. The van der Waals surface area contributed by atoms with E-state index in [1.165, 1.54) is 88.2 Å². The van der Waals surface area contributed by atoms with E-state index in [9.17, 15) is 8.78 Å². The van der Waals surface area contributed by atoms with E-state index in [4.69, 9.17) is 4.74 Å². The fourth-order valence-corrected chi connectivity index (χ4v) is 6.43. The monoisotopic (exact) mass is 508 g/mol. The van der Waals surface area contributed by atoms with Gasteiger partial charge >= 0.3 is 6.11 Å². The summed E-state index contributed by atoms with van der Waals surface area (Å²) >= 11 is 0. The Hall–Kier alpha value is -2.00. The topological polar surface area (TPSA) is 9.23 Å². The maximum atomic E-state index is 14.6. The van der Waals surface area contributed by atoms with E-state index in [1.807, 2.05) is 24.3 Å². The van der Waals surface area contributed by atoms with E-state index >= 15 is 0 Å². The van der Waals surface area contributed by atoms with Crippen molar-refractivity contribution in [1.82, 2.24) is 0 Å². The molecule has 0 amide bonds. The largest absolute Gasteiger partial charge is 0.360 e. The van der Waals surface area contributed by atoms with Crippen LogP contribution in [0.1, 0.15) is 118 Å². The number of unbranched alkanes of at least 4 members (excludes halogenated alkanes) is 2. The number of rotatable bonds is 12. The van der Waals surface area contributed by atoms with Crippen LogP contribution < -0.4 is 0 Å². The average molecular weight is 509 g/mol. The standard InChI is InChI=1S/C34H46F2O/c1-3-5-6-7-27-10-18-31(19-11-27)32-20-12-28(13-21-32)24-34(35,36)37-25-29-14-22-33(23-15-29)30-16-8-26(4-2)9-17-30/h4,12-15,20-23,26-27,30-31H,2-3,5-11,16-19,24-25H2,1H3. The Labute approximate surface area is 223 Å². The maximum absolute atomic E-state index is 14.6. The number of benzene rings is 2. The second kappa shape index (κ2) is 13.7. The van der Waals surface area contributed by atoms with Crippen LogP contribution in [-0.2, 0) is 17.8 Å². The van der Waals surface area contributed by atoms with Crippen molar-refractivity contribution in [2.75, 3.05) is 0 Å². The Morgan fingerprint density at radius 3 is 1.86 bits per heavy atom. The summed E-state index contributed by atoms with van der Waals surface area (Å²) in [5.41, 5.74) is 4.04. The maximum Gasteiger partial charge on any atom is 0.360 e. The summed E-state index contributed by atoms with van der Waals surface area (Å²) in [5.74, 6) is 2.67. The van der Waals surface area contributed by atoms with E-state index < -0.39 is 6.11 Å². The summed E-state index contributed by atoms with van der Waals surface area (Å²) in [6.07, 6.45) is 13.7. The highest BCUT2D eigenvalue weighted by atomic mass is 19.3. The van der Waals surface area contributed by atoms with Crippen LogP contribution in [0.25, 0.3) is 0 Å². The molecule has 2 fully saturated rings. The zero-order valence-corrected chi connectivity index (χ0v) is 22.8. The van der Waals surface area contributed by atoms with Crippen molar-refractivity contribution in [3.05, 3.63) is 83.4 Å². The molecule has 2 aliphatic rings. The van der Waals surface area contributed by atoms with Gasteiger partial charge in [0, 0.05) is 0 Å². The van der Waals surface area contributed by atoms with Gasteiger partial charge in [-0.2, -0.15) is 8.78 Å². The quantitative estimate of drug-likeness (QED) is 0.205. The summed E-state index contributed by atoms with van der Waals surface area (Å²) in [6.45, 7) is 6.11. The van der Waals surface area contributed by atoms with Crippen molar-refractivity contribution < 1.29 is 13.5 Å². The molecule has 0 heterocycles. The van der Waals surface area contributed by atoms with Gasteiger partial charge in [-0.3, -0.25) is 0 Å². The van der Waals surface area contributed by atoms with Crippen LogP contribution in [0.15, 0.2) is 61.2 Å². The van der Waals surface area contributed by atoms with Crippen molar-refractivity contribution in [1.29, 1.82) is 0 Å². The lowest BCUT2D eigenvalue weighted by Gasteiger charge is -2.29. The number of halogens is 2. The first-order valence-corrected chi connectivity index (χ1v) is 14.8. The Balaban J connectivity index is 1.21. The summed E-state index contributed by atoms with van der Waals surface area (Å²) < 4.78 is 34.3. The zero-order chi connectivity index (χ0) is 26.1. The highest BCUT2D eigenvalue weighted by molar-refractivity contribution is 5.27. The van der Waals surface area contributed by atoms with Gasteiger partial charge in [0.1, 0.15) is 0 Å². The molecule has 0 bridgehead atoms. The van der Waals surface area contributed by atoms with Crippen molar-refractivity contribution in [3.63, 3.8) is 0 Å². The van der Waals surface area contributed by atoms with Crippen LogP contribution in [0.2, 0.25) is 0 Å². The molecule has 2 saturated carbocycles. The van der Waals surface area contributed by atoms with Crippen LogP contribution in [-0.4, -0.2) is 6.11 Å². The molecule has 0 spiro atoms. The van der Waals surface area contributed by atoms with Gasteiger partial charge in [-0.1, -0.05) is 87.2 Å². The van der Waals surface area contributed by atoms with Crippen LogP contribution in [0.4, 0.5) is 8.78 Å². The molecule has 0 radical (unpaired) electrons. The molecule has 0 N–H and O–H groups in total. The molecule has 2 aliphatic carbocycles. The second-order valence-electron chi connectivity index (χ2n) is 11.6. The number of allylic oxidation sites excluding steroid dienone is 1. The van der Waals surface area contributed by atoms with Gasteiger partial charge in [-0.25, -0.2) is 0 Å². The lowest BCUT2D eigenvalue weighted by Crippen LogP contribution is -2.23. The predicted octanol–water partition coefficient (Wildman–Crippen LogP) is 10.4. The van der Waals surface area contributed by atoms with Gasteiger partial charge in [0.05, 0.1) is 13.0 Å². The molecule has 4 rings (SSSR count). The average Bonchev–Trinajstić information content (AvgIpc) is 2.93. The smallest absolute Gasteiger partial charge is 0.315 e. The normalized spacial score (nSPS) is 24.6. The highest BCUT2D eigenvalue weighted by Gasteiger charge is 2.31. The van der Waals surface area contributed by atoms with E-state index in [1.54, 1.807) is 0 Å². The first kappa shape index (κ1) is 28.0. The lowest BCUT2D eigenvalue weighted by atomic mass is 9.77.